The molecule has 1 amide bonds. The number of amides is 1. The van der Waals surface area contributed by atoms with Crippen LogP contribution >= 0.6 is 11.3 Å². The Morgan fingerprint density at radius 2 is 2.07 bits per heavy atom. The Morgan fingerprint density at radius 3 is 2.90 bits per heavy atom. The van der Waals surface area contributed by atoms with Gasteiger partial charge in [0.15, 0.2) is 5.58 Å². The molecule has 2 aromatic heterocycles. The minimum absolute atomic E-state index is 0.00627. The van der Waals surface area contributed by atoms with Crippen molar-refractivity contribution in [3.8, 4) is 10.4 Å². The van der Waals surface area contributed by atoms with Gasteiger partial charge in [-0.2, -0.15) is 4.98 Å². The Bertz CT molecular complexity index is 1220. The Morgan fingerprint density at radius 1 is 1.23 bits per heavy atom. The summed E-state index contributed by atoms with van der Waals surface area (Å²) in [5.74, 6) is -0.433. The molecule has 1 fully saturated rings. The van der Waals surface area contributed by atoms with Gasteiger partial charge < -0.3 is 14.6 Å². The molecule has 152 valence electrons. The molecule has 0 aliphatic carbocycles. The summed E-state index contributed by atoms with van der Waals surface area (Å²) in [4.78, 5) is 24.8. The lowest BCUT2D eigenvalue weighted by atomic mass is 10.1. The number of hydrogen-bond donors (Lipinski definition) is 1. The van der Waals surface area contributed by atoms with Crippen molar-refractivity contribution in [1.82, 2.24) is 14.9 Å². The fraction of sp³-hybridized carbons (Fsp3) is 0.227. The quantitative estimate of drug-likeness (QED) is 0.515. The monoisotopic (exact) mass is 422 g/mol. The fourth-order valence-corrected chi connectivity index (χ4v) is 4.62. The van der Waals surface area contributed by atoms with Crippen molar-refractivity contribution in [3.63, 3.8) is 0 Å². The largest absolute Gasteiger partial charge is 0.423 e. The summed E-state index contributed by atoms with van der Waals surface area (Å²) in [7, 11) is 0. The van der Waals surface area contributed by atoms with E-state index in [0.29, 0.717) is 35.9 Å². The number of carbonyl (C=O) groups excluding carboxylic acids is 1. The molecule has 0 radical (unpaired) electrons. The van der Waals surface area contributed by atoms with Crippen molar-refractivity contribution in [2.45, 2.75) is 19.4 Å². The first kappa shape index (κ1) is 18.7. The molecule has 30 heavy (non-hydrogen) atoms. The zero-order chi connectivity index (χ0) is 20.7. The Labute approximate surface area is 176 Å². The van der Waals surface area contributed by atoms with E-state index in [9.17, 15) is 9.18 Å². The van der Waals surface area contributed by atoms with Crippen molar-refractivity contribution in [3.05, 3.63) is 65.0 Å². The number of hydrogen-bond acceptors (Lipinski definition) is 6. The molecule has 0 bridgehead atoms. The number of fused-ring (bicyclic) bond motifs is 1. The van der Waals surface area contributed by atoms with Gasteiger partial charge in [0.05, 0.1) is 9.88 Å². The van der Waals surface area contributed by atoms with Crippen LogP contribution in [0.15, 0.2) is 52.9 Å². The number of rotatable bonds is 4. The molecule has 1 saturated heterocycles. The minimum Gasteiger partial charge on any atom is -0.423 e. The third kappa shape index (κ3) is 3.54. The predicted molar refractivity (Wildman–Crippen MR) is 114 cm³/mol. The van der Waals surface area contributed by atoms with Crippen LogP contribution in [0.5, 0.6) is 0 Å². The first-order valence-electron chi connectivity index (χ1n) is 9.71. The molecule has 1 N–H and O–H groups in total. The van der Waals surface area contributed by atoms with Crippen LogP contribution in [-0.2, 0) is 0 Å². The van der Waals surface area contributed by atoms with Gasteiger partial charge in [0.2, 0.25) is 0 Å². The molecule has 5 rings (SSSR count). The molecule has 0 saturated carbocycles. The summed E-state index contributed by atoms with van der Waals surface area (Å²) in [6.45, 7) is 3.06. The van der Waals surface area contributed by atoms with E-state index in [2.05, 4.69) is 15.3 Å². The Kier molecular flexibility index (Phi) is 4.71. The molecule has 8 heteroatoms. The van der Waals surface area contributed by atoms with E-state index in [1.165, 1.54) is 23.5 Å². The van der Waals surface area contributed by atoms with Gasteiger partial charge in [-0.1, -0.05) is 30.3 Å². The van der Waals surface area contributed by atoms with Crippen LogP contribution < -0.4 is 5.32 Å². The standard InChI is InChI=1S/C22H19FN4O2S/c1-13-24-19(20(30-13)14-5-3-2-4-6-14)21(28)27-10-9-16(12-27)25-22-26-17-8-7-15(23)11-18(17)29-22/h2-8,11,16H,9-10,12H2,1H3,(H,25,26)/t16-/m1/s1. The minimum atomic E-state index is -0.365. The second kappa shape index (κ2) is 7.53. The predicted octanol–water partition coefficient (Wildman–Crippen LogP) is 4.73. The van der Waals surface area contributed by atoms with Gasteiger partial charge in [-0.15, -0.1) is 11.3 Å². The van der Waals surface area contributed by atoms with Crippen LogP contribution in [-0.4, -0.2) is 39.9 Å². The molecule has 6 nitrogen and oxygen atoms in total. The van der Waals surface area contributed by atoms with Gasteiger partial charge in [-0.05, 0) is 31.0 Å². The van der Waals surface area contributed by atoms with Gasteiger partial charge in [-0.3, -0.25) is 4.79 Å². The molecule has 1 aliphatic rings. The number of halogens is 1. The van der Waals surface area contributed by atoms with Gasteiger partial charge in [0.1, 0.15) is 17.0 Å². The number of nitrogens with zero attached hydrogens (tertiary/aromatic N) is 3. The fourth-order valence-electron chi connectivity index (χ4n) is 3.70. The summed E-state index contributed by atoms with van der Waals surface area (Å²) in [6, 6.07) is 14.5. The van der Waals surface area contributed by atoms with Gasteiger partial charge in [-0.25, -0.2) is 9.37 Å². The topological polar surface area (TPSA) is 71.3 Å². The number of anilines is 1. The summed E-state index contributed by atoms with van der Waals surface area (Å²) >= 11 is 1.53. The number of aryl methyl sites for hydroxylation is 1. The zero-order valence-corrected chi connectivity index (χ0v) is 17.1. The third-order valence-corrected chi connectivity index (χ3v) is 6.15. The Hall–Kier alpha value is -3.26. The van der Waals surface area contributed by atoms with E-state index < -0.39 is 0 Å². The molecule has 3 heterocycles. The number of aromatic nitrogens is 2. The number of oxazole rings is 1. The Balaban J connectivity index is 1.32. The van der Waals surface area contributed by atoms with Crippen molar-refractivity contribution < 1.29 is 13.6 Å². The van der Waals surface area contributed by atoms with Crippen LogP contribution in [0.3, 0.4) is 0 Å². The molecule has 0 spiro atoms. The van der Waals surface area contributed by atoms with E-state index in [4.69, 9.17) is 4.42 Å². The highest BCUT2D eigenvalue weighted by atomic mass is 32.1. The second-order valence-electron chi connectivity index (χ2n) is 7.29. The zero-order valence-electron chi connectivity index (χ0n) is 16.3. The van der Waals surface area contributed by atoms with E-state index in [-0.39, 0.29) is 17.8 Å². The van der Waals surface area contributed by atoms with Crippen LogP contribution in [0, 0.1) is 12.7 Å². The van der Waals surface area contributed by atoms with Crippen LogP contribution in [0.2, 0.25) is 0 Å². The highest BCUT2D eigenvalue weighted by Gasteiger charge is 2.31. The van der Waals surface area contributed by atoms with E-state index in [0.717, 1.165) is 21.9 Å². The first-order chi connectivity index (χ1) is 14.6. The highest BCUT2D eigenvalue weighted by molar-refractivity contribution is 7.15. The average molecular weight is 422 g/mol. The highest BCUT2D eigenvalue weighted by Crippen LogP contribution is 2.31. The van der Waals surface area contributed by atoms with Crippen molar-refractivity contribution in [2.75, 3.05) is 18.4 Å². The lowest BCUT2D eigenvalue weighted by Gasteiger charge is -2.16. The second-order valence-corrected chi connectivity index (χ2v) is 8.49. The van der Waals surface area contributed by atoms with Gasteiger partial charge >= 0.3 is 0 Å². The lowest BCUT2D eigenvalue weighted by molar-refractivity contribution is 0.0787. The van der Waals surface area contributed by atoms with Crippen molar-refractivity contribution in [2.24, 2.45) is 0 Å². The van der Waals surface area contributed by atoms with Crippen LogP contribution in [0.4, 0.5) is 10.4 Å². The maximum Gasteiger partial charge on any atom is 0.295 e. The summed E-state index contributed by atoms with van der Waals surface area (Å²) < 4.78 is 18.9. The molecular formula is C22H19FN4O2S. The average Bonchev–Trinajstić information content (AvgIpc) is 3.46. The molecule has 1 atom stereocenters. The van der Waals surface area contributed by atoms with Gasteiger partial charge in [0.25, 0.3) is 11.9 Å². The van der Waals surface area contributed by atoms with E-state index in [1.807, 2.05) is 37.3 Å². The third-order valence-electron chi connectivity index (χ3n) is 5.13. The summed E-state index contributed by atoms with van der Waals surface area (Å²) in [5, 5.41) is 4.09. The molecular weight excluding hydrogens is 403 g/mol. The van der Waals surface area contributed by atoms with E-state index >= 15 is 0 Å². The normalized spacial score (nSPS) is 16.3. The SMILES string of the molecule is Cc1nc(C(=O)N2CC[C@@H](Nc3nc4ccc(F)cc4o3)C2)c(-c2ccccc2)s1. The van der Waals surface area contributed by atoms with Crippen LogP contribution in [0.1, 0.15) is 21.9 Å². The first-order valence-corrected chi connectivity index (χ1v) is 10.5. The van der Waals surface area contributed by atoms with Crippen molar-refractivity contribution in [1.29, 1.82) is 0 Å². The molecule has 0 unspecified atom stereocenters. The van der Waals surface area contributed by atoms with Crippen molar-refractivity contribution >= 4 is 34.4 Å². The van der Waals surface area contributed by atoms with E-state index in [1.54, 1.807) is 11.0 Å². The number of thiazole rings is 1. The molecule has 2 aromatic carbocycles. The lowest BCUT2D eigenvalue weighted by Crippen LogP contribution is -2.32. The number of carbonyl (C=O) groups is 1. The summed E-state index contributed by atoms with van der Waals surface area (Å²) in [6.07, 6.45) is 0.766. The molecule has 4 aromatic rings. The van der Waals surface area contributed by atoms with Crippen LogP contribution in [0.25, 0.3) is 21.5 Å². The summed E-state index contributed by atoms with van der Waals surface area (Å²) in [5.41, 5.74) is 2.49. The number of likely N-dealkylation sites (tertiary alicyclic amines) is 1. The number of benzene rings is 2. The maximum absolute atomic E-state index is 13.4. The number of nitrogens with one attached hydrogen (secondary N) is 1. The van der Waals surface area contributed by atoms with Gasteiger partial charge in [0, 0.05) is 25.2 Å². The smallest absolute Gasteiger partial charge is 0.295 e. The maximum atomic E-state index is 13.4. The molecule has 1 aliphatic heterocycles.